The molecule has 0 bridgehead atoms. The topological polar surface area (TPSA) is 92.5 Å². The second-order valence-electron chi connectivity index (χ2n) is 5.03. The number of rotatable bonds is 4. The molecule has 0 heterocycles. The number of phenolic OH excluding ortho intramolecular Hbond substituents is 2. The van der Waals surface area contributed by atoms with E-state index in [1.165, 1.54) is 17.7 Å². The van der Waals surface area contributed by atoms with Crippen molar-refractivity contribution in [1.29, 1.82) is 0 Å². The third kappa shape index (κ3) is 6.79. The molecule has 21 heavy (non-hydrogen) atoms. The molecule has 114 valence electrons. The average Bonchev–Trinajstić information content (AvgIpc) is 2.44. The summed E-state index contributed by atoms with van der Waals surface area (Å²) in [5.41, 5.74) is 13.2. The zero-order chi connectivity index (χ0) is 15.7. The van der Waals surface area contributed by atoms with Crippen molar-refractivity contribution >= 4 is 0 Å². The molecule has 0 aliphatic carbocycles. The molecule has 0 fully saturated rings. The van der Waals surface area contributed by atoms with Gasteiger partial charge in [0.1, 0.15) is 0 Å². The van der Waals surface area contributed by atoms with Crippen molar-refractivity contribution in [3.8, 4) is 11.5 Å². The van der Waals surface area contributed by atoms with E-state index in [1.54, 1.807) is 6.07 Å². The van der Waals surface area contributed by atoms with E-state index in [0.29, 0.717) is 13.0 Å². The van der Waals surface area contributed by atoms with Gasteiger partial charge >= 0.3 is 0 Å². The minimum absolute atomic E-state index is 0.0871. The quantitative estimate of drug-likeness (QED) is 0.649. The zero-order valence-electron chi connectivity index (χ0n) is 12.4. The van der Waals surface area contributed by atoms with Crippen molar-refractivity contribution < 1.29 is 10.2 Å². The smallest absolute Gasteiger partial charge is 0.157 e. The lowest BCUT2D eigenvalue weighted by Crippen LogP contribution is -2.17. The lowest BCUT2D eigenvalue weighted by Gasteiger charge is -2.02. The Morgan fingerprint density at radius 2 is 1.62 bits per heavy atom. The Morgan fingerprint density at radius 3 is 2.14 bits per heavy atom. The van der Waals surface area contributed by atoms with Gasteiger partial charge in [0.15, 0.2) is 11.5 Å². The van der Waals surface area contributed by atoms with Crippen molar-refractivity contribution in [3.63, 3.8) is 0 Å². The Hall–Kier alpha value is -2.04. The van der Waals surface area contributed by atoms with Crippen molar-refractivity contribution in [1.82, 2.24) is 0 Å². The summed E-state index contributed by atoms with van der Waals surface area (Å²) in [6.45, 7) is 2.57. The third-order valence-corrected chi connectivity index (χ3v) is 2.87. The van der Waals surface area contributed by atoms with Crippen LogP contribution in [0.15, 0.2) is 48.5 Å². The normalized spacial score (nSPS) is 11.4. The number of hydrogen-bond donors (Lipinski definition) is 4. The summed E-state index contributed by atoms with van der Waals surface area (Å²) in [7, 11) is 0. The van der Waals surface area contributed by atoms with Gasteiger partial charge in [0, 0.05) is 6.04 Å². The highest BCUT2D eigenvalue weighted by atomic mass is 16.3. The summed E-state index contributed by atoms with van der Waals surface area (Å²) in [4.78, 5) is 0. The van der Waals surface area contributed by atoms with E-state index in [9.17, 15) is 0 Å². The van der Waals surface area contributed by atoms with Gasteiger partial charge in [-0.1, -0.05) is 36.4 Å². The highest BCUT2D eigenvalue weighted by Crippen LogP contribution is 2.24. The lowest BCUT2D eigenvalue weighted by atomic mass is 10.1. The maximum Gasteiger partial charge on any atom is 0.157 e. The fourth-order valence-corrected chi connectivity index (χ4v) is 1.88. The Kier molecular flexibility index (Phi) is 7.29. The Morgan fingerprint density at radius 1 is 0.952 bits per heavy atom. The van der Waals surface area contributed by atoms with Crippen molar-refractivity contribution in [3.05, 3.63) is 59.7 Å². The van der Waals surface area contributed by atoms with E-state index in [2.05, 4.69) is 12.1 Å². The molecule has 0 aliphatic rings. The molecule has 0 spiro atoms. The maximum absolute atomic E-state index is 9.04. The van der Waals surface area contributed by atoms with Crippen LogP contribution in [0.25, 0.3) is 0 Å². The van der Waals surface area contributed by atoms with Gasteiger partial charge in [-0.3, -0.25) is 0 Å². The van der Waals surface area contributed by atoms with Gasteiger partial charge < -0.3 is 21.7 Å². The van der Waals surface area contributed by atoms with Crippen LogP contribution in [0.5, 0.6) is 11.5 Å². The molecule has 0 aromatic heterocycles. The van der Waals surface area contributed by atoms with Crippen LogP contribution in [-0.2, 0) is 12.8 Å². The number of phenols is 2. The predicted molar refractivity (Wildman–Crippen MR) is 86.3 cm³/mol. The predicted octanol–water partition coefficient (Wildman–Crippen LogP) is 2.18. The molecular weight excluding hydrogens is 264 g/mol. The Bertz CT molecular complexity index is 528. The summed E-state index contributed by atoms with van der Waals surface area (Å²) in [5.74, 6) is -0.179. The second kappa shape index (κ2) is 9.00. The molecule has 0 saturated heterocycles. The van der Waals surface area contributed by atoms with Gasteiger partial charge in [0.2, 0.25) is 0 Å². The van der Waals surface area contributed by atoms with Crippen LogP contribution in [0.4, 0.5) is 0 Å². The lowest BCUT2D eigenvalue weighted by molar-refractivity contribution is 0.403. The van der Waals surface area contributed by atoms with E-state index in [4.69, 9.17) is 21.7 Å². The molecule has 1 atom stereocenters. The highest BCUT2D eigenvalue weighted by molar-refractivity contribution is 5.40. The molecule has 0 amide bonds. The van der Waals surface area contributed by atoms with Gasteiger partial charge in [-0.25, -0.2) is 0 Å². The molecule has 0 radical (unpaired) electrons. The van der Waals surface area contributed by atoms with Gasteiger partial charge in [-0.2, -0.15) is 0 Å². The molecule has 4 heteroatoms. The first-order chi connectivity index (χ1) is 10.0. The monoisotopic (exact) mass is 288 g/mol. The van der Waals surface area contributed by atoms with E-state index in [0.717, 1.165) is 12.0 Å². The van der Waals surface area contributed by atoms with E-state index >= 15 is 0 Å². The van der Waals surface area contributed by atoms with E-state index in [1.807, 2.05) is 25.1 Å². The van der Waals surface area contributed by atoms with Crippen molar-refractivity contribution in [2.75, 3.05) is 6.54 Å². The molecular formula is C17H24N2O2. The van der Waals surface area contributed by atoms with Gasteiger partial charge in [-0.15, -0.1) is 0 Å². The third-order valence-electron chi connectivity index (χ3n) is 2.87. The summed E-state index contributed by atoms with van der Waals surface area (Å²) in [5, 5.41) is 18.0. The van der Waals surface area contributed by atoms with Crippen molar-refractivity contribution in [2.24, 2.45) is 11.5 Å². The molecule has 0 aliphatic heterocycles. The standard InChI is InChI=1S/C9H13N.C8H11NO2/c1-8(10)7-9-5-3-2-4-6-9;9-4-3-6-1-2-7(10)8(11)5-6/h2-6,8H,7,10H2,1H3;1-2,5,10-11H,3-4,9H2. The number of hydrogen-bond acceptors (Lipinski definition) is 4. The Balaban J connectivity index is 0.000000211. The molecule has 2 aromatic rings. The zero-order valence-corrected chi connectivity index (χ0v) is 12.4. The Labute approximate surface area is 126 Å². The number of nitrogens with two attached hydrogens (primary N) is 2. The average molecular weight is 288 g/mol. The van der Waals surface area contributed by atoms with Crippen LogP contribution in [0.3, 0.4) is 0 Å². The largest absolute Gasteiger partial charge is 0.504 e. The molecule has 0 saturated carbocycles. The van der Waals surface area contributed by atoms with Gasteiger partial charge in [0.05, 0.1) is 0 Å². The molecule has 1 unspecified atom stereocenters. The highest BCUT2D eigenvalue weighted by Gasteiger charge is 1.98. The van der Waals surface area contributed by atoms with E-state index < -0.39 is 0 Å². The van der Waals surface area contributed by atoms with Gasteiger partial charge in [-0.05, 0) is 49.6 Å². The first kappa shape index (κ1) is 17.0. The second-order valence-corrected chi connectivity index (χ2v) is 5.03. The van der Waals surface area contributed by atoms with Crippen molar-refractivity contribution in [2.45, 2.75) is 25.8 Å². The van der Waals surface area contributed by atoms with Crippen LogP contribution in [0, 0.1) is 0 Å². The molecule has 6 N–H and O–H groups in total. The summed E-state index contributed by atoms with van der Waals surface area (Å²) >= 11 is 0. The number of benzene rings is 2. The fraction of sp³-hybridized carbons (Fsp3) is 0.294. The fourth-order valence-electron chi connectivity index (χ4n) is 1.88. The summed E-state index contributed by atoms with van der Waals surface area (Å²) < 4.78 is 0. The SMILES string of the molecule is CC(N)Cc1ccccc1.NCCc1ccc(O)c(O)c1. The summed E-state index contributed by atoms with van der Waals surface area (Å²) in [6, 6.07) is 15.3. The van der Waals surface area contributed by atoms with E-state index in [-0.39, 0.29) is 17.5 Å². The van der Waals surface area contributed by atoms with Gasteiger partial charge in [0.25, 0.3) is 0 Å². The number of aromatic hydroxyl groups is 2. The first-order valence-electron chi connectivity index (χ1n) is 7.03. The molecule has 2 aromatic carbocycles. The van der Waals surface area contributed by atoms with Crippen LogP contribution >= 0.6 is 0 Å². The van der Waals surface area contributed by atoms with Crippen LogP contribution in [0.2, 0.25) is 0 Å². The summed E-state index contributed by atoms with van der Waals surface area (Å²) in [6.07, 6.45) is 1.69. The van der Waals surface area contributed by atoms with Crippen LogP contribution in [-0.4, -0.2) is 22.8 Å². The first-order valence-corrected chi connectivity index (χ1v) is 7.03. The minimum Gasteiger partial charge on any atom is -0.504 e. The maximum atomic E-state index is 9.04. The molecule has 2 rings (SSSR count). The minimum atomic E-state index is -0.0919. The van der Waals surface area contributed by atoms with Crippen LogP contribution in [0.1, 0.15) is 18.1 Å². The molecule has 4 nitrogen and oxygen atoms in total. The van der Waals surface area contributed by atoms with Crippen LogP contribution < -0.4 is 11.5 Å².